The molecule has 1 heterocycles. The van der Waals surface area contributed by atoms with Gasteiger partial charge in [0.2, 0.25) is 0 Å². The van der Waals surface area contributed by atoms with E-state index in [9.17, 15) is 9.59 Å². The van der Waals surface area contributed by atoms with Crippen molar-refractivity contribution in [2.24, 2.45) is 17.8 Å². The molecule has 4 atom stereocenters. The van der Waals surface area contributed by atoms with Crippen LogP contribution >= 0.6 is 0 Å². The van der Waals surface area contributed by atoms with Gasteiger partial charge in [0.25, 0.3) is 0 Å². The lowest BCUT2D eigenvalue weighted by Gasteiger charge is -2.24. The van der Waals surface area contributed by atoms with Crippen molar-refractivity contribution in [1.29, 1.82) is 0 Å². The van der Waals surface area contributed by atoms with Gasteiger partial charge in [-0.2, -0.15) is 0 Å². The standard InChI is InChI=1S/C14H24N2O3/c1-9-3-4-11(7-9)8-15-14(19)16-6-5-12(10(16)2)13(17)18/h9-12H,3-8H2,1-2H3,(H,15,19)(H,17,18). The van der Waals surface area contributed by atoms with Gasteiger partial charge in [0.15, 0.2) is 0 Å². The van der Waals surface area contributed by atoms with Gasteiger partial charge in [0, 0.05) is 19.1 Å². The molecule has 1 saturated heterocycles. The summed E-state index contributed by atoms with van der Waals surface area (Å²) in [7, 11) is 0. The number of carboxylic acids is 1. The van der Waals surface area contributed by atoms with Gasteiger partial charge >= 0.3 is 12.0 Å². The topological polar surface area (TPSA) is 69.6 Å². The van der Waals surface area contributed by atoms with E-state index in [2.05, 4.69) is 12.2 Å². The third-order valence-corrected chi connectivity index (χ3v) is 4.68. The van der Waals surface area contributed by atoms with Gasteiger partial charge in [-0.3, -0.25) is 4.79 Å². The third-order valence-electron chi connectivity index (χ3n) is 4.68. The average molecular weight is 268 g/mol. The van der Waals surface area contributed by atoms with Crippen molar-refractivity contribution >= 4 is 12.0 Å². The maximum atomic E-state index is 12.1. The van der Waals surface area contributed by atoms with Crippen molar-refractivity contribution in [1.82, 2.24) is 10.2 Å². The van der Waals surface area contributed by atoms with Gasteiger partial charge in [0.05, 0.1) is 5.92 Å². The number of nitrogens with zero attached hydrogens (tertiary/aromatic N) is 1. The van der Waals surface area contributed by atoms with Crippen LogP contribution in [0.4, 0.5) is 4.79 Å². The van der Waals surface area contributed by atoms with Crippen molar-refractivity contribution in [3.05, 3.63) is 0 Å². The second-order valence-electron chi connectivity index (χ2n) is 6.14. The first kappa shape index (κ1) is 14.2. The zero-order chi connectivity index (χ0) is 14.0. The van der Waals surface area contributed by atoms with Crippen LogP contribution in [0.1, 0.15) is 39.5 Å². The number of hydrogen-bond acceptors (Lipinski definition) is 2. The number of likely N-dealkylation sites (tertiary alicyclic amines) is 1. The van der Waals surface area contributed by atoms with Crippen molar-refractivity contribution in [3.8, 4) is 0 Å². The molecule has 1 saturated carbocycles. The van der Waals surface area contributed by atoms with Gasteiger partial charge in [0.1, 0.15) is 0 Å². The van der Waals surface area contributed by atoms with Gasteiger partial charge < -0.3 is 15.3 Å². The molecule has 2 fully saturated rings. The number of urea groups is 1. The molecule has 0 spiro atoms. The van der Waals surface area contributed by atoms with Gasteiger partial charge in [-0.1, -0.05) is 13.3 Å². The molecule has 5 heteroatoms. The number of amides is 2. The summed E-state index contributed by atoms with van der Waals surface area (Å²) in [5.41, 5.74) is 0. The molecule has 0 aromatic rings. The first-order valence-corrected chi connectivity index (χ1v) is 7.26. The number of carbonyl (C=O) groups is 2. The first-order chi connectivity index (χ1) is 8.99. The zero-order valence-electron chi connectivity index (χ0n) is 11.8. The van der Waals surface area contributed by atoms with E-state index in [0.29, 0.717) is 18.9 Å². The van der Waals surface area contributed by atoms with Crippen LogP contribution in [-0.4, -0.2) is 41.1 Å². The predicted molar refractivity (Wildman–Crippen MR) is 71.8 cm³/mol. The maximum absolute atomic E-state index is 12.1. The van der Waals surface area contributed by atoms with E-state index in [-0.39, 0.29) is 12.1 Å². The number of carboxylic acid groups (broad SMARTS) is 1. The van der Waals surface area contributed by atoms with E-state index >= 15 is 0 Å². The Morgan fingerprint density at radius 3 is 2.53 bits per heavy atom. The molecule has 0 radical (unpaired) electrons. The molecule has 19 heavy (non-hydrogen) atoms. The second kappa shape index (κ2) is 5.80. The summed E-state index contributed by atoms with van der Waals surface area (Å²) in [6.07, 6.45) is 4.19. The van der Waals surface area contributed by atoms with Gasteiger partial charge in [-0.15, -0.1) is 0 Å². The normalized spacial score (nSPS) is 34.5. The van der Waals surface area contributed by atoms with E-state index in [1.54, 1.807) is 4.90 Å². The van der Waals surface area contributed by atoms with Crippen molar-refractivity contribution in [3.63, 3.8) is 0 Å². The quantitative estimate of drug-likeness (QED) is 0.821. The SMILES string of the molecule is CC1CCC(CNC(=O)N2CCC(C(=O)O)C2C)C1. The number of rotatable bonds is 3. The Bertz CT molecular complexity index is 359. The lowest BCUT2D eigenvalue weighted by molar-refractivity contribution is -0.142. The zero-order valence-corrected chi connectivity index (χ0v) is 11.8. The molecule has 2 rings (SSSR count). The summed E-state index contributed by atoms with van der Waals surface area (Å²) in [6.45, 7) is 5.35. The van der Waals surface area contributed by atoms with Crippen LogP contribution < -0.4 is 5.32 Å². The summed E-state index contributed by atoms with van der Waals surface area (Å²) in [5.74, 6) is 0.140. The molecule has 2 aliphatic rings. The van der Waals surface area contributed by atoms with Crippen LogP contribution in [0.25, 0.3) is 0 Å². The van der Waals surface area contributed by atoms with E-state index in [1.807, 2.05) is 6.92 Å². The molecule has 0 aromatic carbocycles. The lowest BCUT2D eigenvalue weighted by atomic mass is 10.0. The Kier molecular flexibility index (Phi) is 4.32. The Morgan fingerprint density at radius 2 is 2.00 bits per heavy atom. The molecule has 0 aromatic heterocycles. The van der Waals surface area contributed by atoms with Crippen LogP contribution in [0.3, 0.4) is 0 Å². The van der Waals surface area contributed by atoms with Crippen molar-refractivity contribution in [2.75, 3.05) is 13.1 Å². The van der Waals surface area contributed by atoms with E-state index in [1.165, 1.54) is 19.3 Å². The fraction of sp³-hybridized carbons (Fsp3) is 0.857. The van der Waals surface area contributed by atoms with E-state index < -0.39 is 11.9 Å². The Balaban J connectivity index is 1.79. The van der Waals surface area contributed by atoms with E-state index in [0.717, 1.165) is 12.5 Å². The molecule has 108 valence electrons. The smallest absolute Gasteiger partial charge is 0.317 e. The fourth-order valence-corrected chi connectivity index (χ4v) is 3.40. The Labute approximate surface area is 114 Å². The Hall–Kier alpha value is -1.26. The Morgan fingerprint density at radius 1 is 1.26 bits per heavy atom. The molecule has 2 amide bonds. The molecule has 4 unspecified atom stereocenters. The highest BCUT2D eigenvalue weighted by atomic mass is 16.4. The van der Waals surface area contributed by atoms with E-state index in [4.69, 9.17) is 5.11 Å². The molecular weight excluding hydrogens is 244 g/mol. The van der Waals surface area contributed by atoms with Crippen LogP contribution in [-0.2, 0) is 4.79 Å². The van der Waals surface area contributed by atoms with Crippen LogP contribution in [0.15, 0.2) is 0 Å². The van der Waals surface area contributed by atoms with Gasteiger partial charge in [-0.05, 0) is 38.0 Å². The highest BCUT2D eigenvalue weighted by Gasteiger charge is 2.38. The molecule has 0 bridgehead atoms. The molecule has 1 aliphatic carbocycles. The number of hydrogen-bond donors (Lipinski definition) is 2. The monoisotopic (exact) mass is 268 g/mol. The van der Waals surface area contributed by atoms with Crippen molar-refractivity contribution < 1.29 is 14.7 Å². The highest BCUT2D eigenvalue weighted by molar-refractivity contribution is 5.78. The second-order valence-corrected chi connectivity index (χ2v) is 6.14. The minimum atomic E-state index is -0.799. The highest BCUT2D eigenvalue weighted by Crippen LogP contribution is 2.30. The van der Waals surface area contributed by atoms with Crippen LogP contribution in [0, 0.1) is 17.8 Å². The third kappa shape index (κ3) is 3.19. The molecule has 5 nitrogen and oxygen atoms in total. The van der Waals surface area contributed by atoms with Gasteiger partial charge in [-0.25, -0.2) is 4.79 Å². The molecule has 1 aliphatic heterocycles. The number of carbonyl (C=O) groups excluding carboxylic acids is 1. The summed E-state index contributed by atoms with van der Waals surface area (Å²) in [4.78, 5) is 24.8. The molecule has 2 N–H and O–H groups in total. The van der Waals surface area contributed by atoms with Crippen LogP contribution in [0.5, 0.6) is 0 Å². The number of nitrogens with one attached hydrogen (secondary N) is 1. The summed E-state index contributed by atoms with van der Waals surface area (Å²) >= 11 is 0. The summed E-state index contributed by atoms with van der Waals surface area (Å²) in [6, 6.07) is -0.309. The predicted octanol–water partition coefficient (Wildman–Crippen LogP) is 1.93. The fourth-order valence-electron chi connectivity index (χ4n) is 3.40. The van der Waals surface area contributed by atoms with Crippen molar-refractivity contribution in [2.45, 2.75) is 45.6 Å². The summed E-state index contributed by atoms with van der Waals surface area (Å²) in [5, 5.41) is 12.0. The number of aliphatic carboxylic acids is 1. The summed E-state index contributed by atoms with van der Waals surface area (Å²) < 4.78 is 0. The lowest BCUT2D eigenvalue weighted by Crippen LogP contribution is -2.45. The first-order valence-electron chi connectivity index (χ1n) is 7.26. The minimum absolute atomic E-state index is 0.101. The molecular formula is C14H24N2O3. The van der Waals surface area contributed by atoms with Crippen LogP contribution in [0.2, 0.25) is 0 Å². The minimum Gasteiger partial charge on any atom is -0.481 e. The maximum Gasteiger partial charge on any atom is 0.317 e. The largest absolute Gasteiger partial charge is 0.481 e. The average Bonchev–Trinajstić information content (AvgIpc) is 2.92.